The Balaban J connectivity index is 1.50. The number of hydrogen-bond donors (Lipinski definition) is 0. The van der Waals surface area contributed by atoms with Crippen LogP contribution in [0.15, 0.2) is 122 Å². The van der Waals surface area contributed by atoms with Gasteiger partial charge in [0.1, 0.15) is 0 Å². The van der Waals surface area contributed by atoms with E-state index >= 15 is 0 Å². The van der Waals surface area contributed by atoms with Crippen molar-refractivity contribution in [2.75, 3.05) is 0 Å². The SMILES string of the molecule is O=S(=O)(Oc1ccc(-c2cc(-c3ccccc3)cnn2)cc1Oc1cc(-c2cc(-c3ccccc3)cnn2)ccc1OS(=O)(=O)C(F)(F)F)C(F)(F)F. The predicted octanol–water partition coefficient (Wildman–Crippen LogP) is 8.18. The maximum absolute atomic E-state index is 13.4. The molecule has 6 rings (SSSR count). The molecule has 2 heterocycles. The van der Waals surface area contributed by atoms with Gasteiger partial charge in [0.25, 0.3) is 0 Å². The monoisotopic (exact) mass is 774 g/mol. The van der Waals surface area contributed by atoms with Crippen LogP contribution in [-0.2, 0) is 20.2 Å². The molecule has 0 unspecified atom stereocenters. The molecule has 0 spiro atoms. The zero-order chi connectivity index (χ0) is 38.0. The number of nitrogens with zero attached hydrogens (tertiary/aromatic N) is 4. The van der Waals surface area contributed by atoms with Crippen LogP contribution in [0.5, 0.6) is 23.0 Å². The van der Waals surface area contributed by atoms with Gasteiger partial charge >= 0.3 is 31.3 Å². The normalized spacial score (nSPS) is 12.3. The fraction of sp³-hybridized carbons (Fsp3) is 0.0588. The molecule has 19 heteroatoms. The van der Waals surface area contributed by atoms with Crippen molar-refractivity contribution in [1.29, 1.82) is 0 Å². The number of benzene rings is 4. The third kappa shape index (κ3) is 8.20. The fourth-order valence-corrected chi connectivity index (χ4v) is 5.61. The van der Waals surface area contributed by atoms with Gasteiger partial charge in [0.2, 0.25) is 0 Å². The summed E-state index contributed by atoms with van der Waals surface area (Å²) in [6.45, 7) is 0. The van der Waals surface area contributed by atoms with E-state index < -0.39 is 54.3 Å². The van der Waals surface area contributed by atoms with Crippen molar-refractivity contribution >= 4 is 20.2 Å². The van der Waals surface area contributed by atoms with Crippen LogP contribution in [0, 0.1) is 0 Å². The third-order valence-corrected chi connectivity index (χ3v) is 9.12. The molecule has 0 amide bonds. The van der Waals surface area contributed by atoms with Crippen molar-refractivity contribution in [3.63, 3.8) is 0 Å². The topological polar surface area (TPSA) is 148 Å². The zero-order valence-electron chi connectivity index (χ0n) is 26.3. The smallest absolute Gasteiger partial charge is 0.449 e. The van der Waals surface area contributed by atoms with Gasteiger partial charge in [-0.1, -0.05) is 60.7 Å². The Kier molecular flexibility index (Phi) is 9.80. The van der Waals surface area contributed by atoms with Gasteiger partial charge in [-0.3, -0.25) is 0 Å². The van der Waals surface area contributed by atoms with Crippen LogP contribution in [0.1, 0.15) is 0 Å². The maximum atomic E-state index is 13.4. The first-order valence-electron chi connectivity index (χ1n) is 14.8. The van der Waals surface area contributed by atoms with Crippen molar-refractivity contribution in [2.45, 2.75) is 11.0 Å². The van der Waals surface area contributed by atoms with E-state index in [-0.39, 0.29) is 22.5 Å². The zero-order valence-corrected chi connectivity index (χ0v) is 27.9. The Hall–Kier alpha value is -6.08. The molecule has 0 aliphatic carbocycles. The molecule has 53 heavy (non-hydrogen) atoms. The molecule has 0 bridgehead atoms. The van der Waals surface area contributed by atoms with Crippen molar-refractivity contribution in [3.05, 3.63) is 122 Å². The Labute approximate surface area is 296 Å². The molecule has 4 aromatic carbocycles. The van der Waals surface area contributed by atoms with Gasteiger partial charge in [-0.25, -0.2) is 0 Å². The van der Waals surface area contributed by atoms with Gasteiger partial charge in [-0.2, -0.15) is 63.6 Å². The minimum atomic E-state index is -6.33. The molecule has 2 aromatic heterocycles. The number of ether oxygens (including phenoxy) is 1. The van der Waals surface area contributed by atoms with Crippen molar-refractivity contribution < 1.29 is 56.3 Å². The predicted molar refractivity (Wildman–Crippen MR) is 177 cm³/mol. The molecule has 0 saturated heterocycles. The summed E-state index contributed by atoms with van der Waals surface area (Å²) in [5.74, 6) is -3.84. The van der Waals surface area contributed by atoms with Crippen LogP contribution in [-0.4, -0.2) is 48.2 Å². The lowest BCUT2D eigenvalue weighted by Crippen LogP contribution is -2.28. The highest BCUT2D eigenvalue weighted by atomic mass is 32.2. The summed E-state index contributed by atoms with van der Waals surface area (Å²) >= 11 is 0. The second kappa shape index (κ2) is 14.2. The second-order valence-electron chi connectivity index (χ2n) is 10.8. The summed E-state index contributed by atoms with van der Waals surface area (Å²) in [6, 6.07) is 26.4. The number of halogens is 6. The first-order valence-corrected chi connectivity index (χ1v) is 17.6. The molecule has 0 atom stereocenters. The fourth-order valence-electron chi connectivity index (χ4n) is 4.67. The van der Waals surface area contributed by atoms with E-state index in [1.165, 1.54) is 24.5 Å². The van der Waals surface area contributed by atoms with Gasteiger partial charge < -0.3 is 13.1 Å². The van der Waals surface area contributed by atoms with Crippen LogP contribution in [0.2, 0.25) is 0 Å². The van der Waals surface area contributed by atoms with Crippen molar-refractivity contribution in [1.82, 2.24) is 20.4 Å². The number of rotatable bonds is 10. The quantitative estimate of drug-likeness (QED) is 0.0754. The standard InChI is InChI=1S/C34H20F6N4O7S2/c35-33(36,37)52(45,46)50-29-13-11-23(27-15-25(19-41-43-27)21-7-3-1-4-8-21)17-31(29)49-32-18-24(12-14-30(32)51-53(47,48)34(38,39)40)28-16-26(20-42-44-28)22-9-5-2-6-10-22/h1-20H. The highest BCUT2D eigenvalue weighted by molar-refractivity contribution is 7.88. The Bertz CT molecular complexity index is 2330. The van der Waals surface area contributed by atoms with E-state index in [4.69, 9.17) is 4.74 Å². The lowest BCUT2D eigenvalue weighted by molar-refractivity contribution is -0.0504. The lowest BCUT2D eigenvalue weighted by Gasteiger charge is -2.18. The number of aromatic nitrogens is 4. The van der Waals surface area contributed by atoms with E-state index in [1.54, 1.807) is 60.7 Å². The maximum Gasteiger partial charge on any atom is 0.534 e. The minimum absolute atomic E-state index is 0.0602. The van der Waals surface area contributed by atoms with Gasteiger partial charge in [0, 0.05) is 22.3 Å². The summed E-state index contributed by atoms with van der Waals surface area (Å²) in [4.78, 5) is 0. The summed E-state index contributed by atoms with van der Waals surface area (Å²) in [6.07, 6.45) is 2.85. The van der Waals surface area contributed by atoms with Gasteiger partial charge in [0.15, 0.2) is 23.0 Å². The largest absolute Gasteiger partial charge is 0.534 e. The molecule has 0 saturated carbocycles. The molecule has 0 radical (unpaired) electrons. The van der Waals surface area contributed by atoms with Gasteiger partial charge in [-0.15, -0.1) is 0 Å². The Morgan fingerprint density at radius 2 is 0.811 bits per heavy atom. The summed E-state index contributed by atoms with van der Waals surface area (Å²) in [5.41, 5.74) is -8.98. The van der Waals surface area contributed by atoms with E-state index in [0.29, 0.717) is 22.3 Å². The molecule has 0 N–H and O–H groups in total. The summed E-state index contributed by atoms with van der Waals surface area (Å²) in [7, 11) is -12.7. The van der Waals surface area contributed by atoms with Gasteiger partial charge in [-0.05, 0) is 59.7 Å². The summed E-state index contributed by atoms with van der Waals surface area (Å²) < 4.78 is 143. The van der Waals surface area contributed by atoms with Crippen LogP contribution >= 0.6 is 0 Å². The van der Waals surface area contributed by atoms with Crippen LogP contribution < -0.4 is 13.1 Å². The first-order chi connectivity index (χ1) is 25.0. The highest BCUT2D eigenvalue weighted by Crippen LogP contribution is 2.43. The average molecular weight is 775 g/mol. The van der Waals surface area contributed by atoms with Gasteiger partial charge in [0.05, 0.1) is 23.8 Å². The van der Waals surface area contributed by atoms with E-state index in [1.807, 2.05) is 0 Å². The molecule has 272 valence electrons. The van der Waals surface area contributed by atoms with Crippen LogP contribution in [0.25, 0.3) is 44.8 Å². The Morgan fingerprint density at radius 1 is 0.434 bits per heavy atom. The molecular weight excluding hydrogens is 755 g/mol. The van der Waals surface area contributed by atoms with E-state index in [9.17, 15) is 43.2 Å². The second-order valence-corrected chi connectivity index (χ2v) is 13.9. The number of hydrogen-bond acceptors (Lipinski definition) is 11. The molecule has 11 nitrogen and oxygen atoms in total. The molecule has 0 aliphatic rings. The lowest BCUT2D eigenvalue weighted by atomic mass is 10.0. The average Bonchev–Trinajstić information content (AvgIpc) is 3.13. The van der Waals surface area contributed by atoms with Crippen LogP contribution in [0.4, 0.5) is 26.3 Å². The molecule has 6 aromatic rings. The Morgan fingerprint density at radius 3 is 1.17 bits per heavy atom. The first kappa shape index (κ1) is 36.7. The molecule has 0 fully saturated rings. The van der Waals surface area contributed by atoms with E-state index in [2.05, 4.69) is 28.8 Å². The minimum Gasteiger partial charge on any atom is -0.449 e. The van der Waals surface area contributed by atoms with Crippen molar-refractivity contribution in [3.8, 4) is 67.8 Å². The molecular formula is C34H20F6N4O7S2. The van der Waals surface area contributed by atoms with Crippen molar-refractivity contribution in [2.24, 2.45) is 0 Å². The number of alkyl halides is 6. The third-order valence-electron chi connectivity index (χ3n) is 7.19. The summed E-state index contributed by atoms with van der Waals surface area (Å²) in [5, 5.41) is 15.9. The van der Waals surface area contributed by atoms with E-state index in [0.717, 1.165) is 36.4 Å². The van der Waals surface area contributed by atoms with Crippen LogP contribution in [0.3, 0.4) is 0 Å². The molecule has 0 aliphatic heterocycles. The highest BCUT2D eigenvalue weighted by Gasteiger charge is 2.50.